The Kier molecular flexibility index (Phi) is 7.34. The van der Waals surface area contributed by atoms with Gasteiger partial charge < -0.3 is 10.6 Å². The first-order chi connectivity index (χ1) is 14.5. The molecule has 0 fully saturated rings. The number of nitro benzene ring substituents is 1. The number of hydrogen-bond donors (Lipinski definition) is 2. The summed E-state index contributed by atoms with van der Waals surface area (Å²) in [4.78, 5) is 26.4. The monoisotopic (exact) mass is 424 g/mol. The first-order valence-electron chi connectivity index (χ1n) is 9.51. The van der Waals surface area contributed by atoms with Crippen molar-refractivity contribution < 1.29 is 9.72 Å². The molecular formula is C22H21ClN4O3. The van der Waals surface area contributed by atoms with Gasteiger partial charge in [-0.25, -0.2) is 0 Å². The third-order valence-corrected chi connectivity index (χ3v) is 4.69. The second-order valence-electron chi connectivity index (χ2n) is 6.63. The van der Waals surface area contributed by atoms with Gasteiger partial charge >= 0.3 is 0 Å². The number of carbonyl (C=O) groups excluding carboxylic acids is 1. The number of unbranched alkanes of at least 4 members (excludes halogenated alkanes) is 1. The van der Waals surface area contributed by atoms with Crippen molar-refractivity contribution in [1.29, 1.82) is 0 Å². The number of carbonyl (C=O) groups is 1. The number of nitro groups is 1. The average Bonchev–Trinajstić information content (AvgIpc) is 2.74. The summed E-state index contributed by atoms with van der Waals surface area (Å²) in [5.74, 6) is -0.196. The lowest BCUT2D eigenvalue weighted by Crippen LogP contribution is -2.22. The first-order valence-corrected chi connectivity index (χ1v) is 9.89. The average molecular weight is 425 g/mol. The molecule has 3 aromatic rings. The van der Waals surface area contributed by atoms with Gasteiger partial charge in [0.2, 0.25) is 5.91 Å². The topological polar surface area (TPSA) is 97.2 Å². The number of aromatic nitrogens is 1. The van der Waals surface area contributed by atoms with Crippen LogP contribution in [-0.2, 0) is 4.79 Å². The molecule has 3 rings (SSSR count). The molecule has 0 saturated heterocycles. The molecule has 154 valence electrons. The fraction of sp³-hybridized carbons (Fsp3) is 0.182. The van der Waals surface area contributed by atoms with Crippen LogP contribution in [0.4, 0.5) is 11.4 Å². The molecule has 7 nitrogen and oxygen atoms in total. The molecule has 8 heteroatoms. The van der Waals surface area contributed by atoms with Crippen LogP contribution in [0.2, 0.25) is 5.02 Å². The minimum Gasteiger partial charge on any atom is -0.384 e. The summed E-state index contributed by atoms with van der Waals surface area (Å²) in [7, 11) is 0. The van der Waals surface area contributed by atoms with Crippen molar-refractivity contribution in [3.63, 3.8) is 0 Å². The number of fused-ring (bicyclic) bond motifs is 1. The van der Waals surface area contributed by atoms with E-state index in [1.807, 2.05) is 24.3 Å². The molecule has 0 radical (unpaired) electrons. The Morgan fingerprint density at radius 2 is 1.87 bits per heavy atom. The van der Waals surface area contributed by atoms with Crippen molar-refractivity contribution in [2.24, 2.45) is 0 Å². The van der Waals surface area contributed by atoms with Crippen molar-refractivity contribution in [1.82, 2.24) is 10.3 Å². The standard InChI is InChI=1S/C22H21ClN4O3/c23-17-6-9-19-20(11-14-25-21(19)15-17)24-12-1-2-13-26-22(28)10-5-16-3-7-18(8-4-16)27(29)30/h3-11,14-15H,1-2,12-13H2,(H,24,25)(H,26,28)/b10-5+. The van der Waals surface area contributed by atoms with Gasteiger partial charge in [0.15, 0.2) is 0 Å². The van der Waals surface area contributed by atoms with Crippen LogP contribution in [0.1, 0.15) is 18.4 Å². The van der Waals surface area contributed by atoms with Gasteiger partial charge in [0.1, 0.15) is 0 Å². The summed E-state index contributed by atoms with van der Waals surface area (Å²) in [6.45, 7) is 1.34. The van der Waals surface area contributed by atoms with Gasteiger partial charge in [-0.1, -0.05) is 11.6 Å². The highest BCUT2D eigenvalue weighted by Gasteiger charge is 2.04. The third kappa shape index (κ3) is 6.02. The van der Waals surface area contributed by atoms with Gasteiger partial charge in [-0.05, 0) is 60.9 Å². The predicted molar refractivity (Wildman–Crippen MR) is 120 cm³/mol. The Labute approximate surface area is 178 Å². The van der Waals surface area contributed by atoms with E-state index in [0.717, 1.165) is 41.5 Å². The molecule has 0 saturated carbocycles. The zero-order chi connectivity index (χ0) is 21.3. The van der Waals surface area contributed by atoms with E-state index in [2.05, 4.69) is 15.6 Å². The number of nitrogens with zero attached hydrogens (tertiary/aromatic N) is 2. The molecule has 0 spiro atoms. The fourth-order valence-corrected chi connectivity index (χ4v) is 3.06. The van der Waals surface area contributed by atoms with E-state index in [0.29, 0.717) is 11.6 Å². The molecule has 0 atom stereocenters. The minimum atomic E-state index is -0.457. The summed E-state index contributed by atoms with van der Waals surface area (Å²) in [6.07, 6.45) is 6.52. The fourth-order valence-electron chi connectivity index (χ4n) is 2.90. The van der Waals surface area contributed by atoms with E-state index in [-0.39, 0.29) is 11.6 Å². The Balaban J connectivity index is 1.37. The van der Waals surface area contributed by atoms with E-state index >= 15 is 0 Å². The lowest BCUT2D eigenvalue weighted by Gasteiger charge is -2.09. The highest BCUT2D eigenvalue weighted by Crippen LogP contribution is 2.24. The molecule has 0 aliphatic carbocycles. The molecule has 2 aromatic carbocycles. The van der Waals surface area contributed by atoms with E-state index in [1.165, 1.54) is 18.2 Å². The number of benzene rings is 2. The number of amides is 1. The lowest BCUT2D eigenvalue weighted by atomic mass is 10.2. The van der Waals surface area contributed by atoms with Crippen molar-refractivity contribution in [3.05, 3.63) is 81.5 Å². The van der Waals surface area contributed by atoms with E-state index in [9.17, 15) is 14.9 Å². The van der Waals surface area contributed by atoms with Gasteiger partial charge in [-0.3, -0.25) is 19.9 Å². The van der Waals surface area contributed by atoms with Crippen molar-refractivity contribution >= 4 is 45.9 Å². The Morgan fingerprint density at radius 1 is 1.10 bits per heavy atom. The molecule has 1 aromatic heterocycles. The number of hydrogen-bond acceptors (Lipinski definition) is 5. The summed E-state index contributed by atoms with van der Waals surface area (Å²) < 4.78 is 0. The molecule has 2 N–H and O–H groups in total. The Morgan fingerprint density at radius 3 is 2.63 bits per heavy atom. The second kappa shape index (κ2) is 10.4. The van der Waals surface area contributed by atoms with Crippen LogP contribution in [0.3, 0.4) is 0 Å². The molecule has 1 heterocycles. The van der Waals surface area contributed by atoms with Crippen LogP contribution < -0.4 is 10.6 Å². The molecule has 0 aliphatic rings. The van der Waals surface area contributed by atoms with Crippen LogP contribution in [-0.4, -0.2) is 28.9 Å². The number of halogens is 1. The Hall–Kier alpha value is -3.45. The van der Waals surface area contributed by atoms with Gasteiger partial charge in [-0.15, -0.1) is 0 Å². The van der Waals surface area contributed by atoms with Gasteiger partial charge in [-0.2, -0.15) is 0 Å². The molecule has 0 bridgehead atoms. The molecule has 0 unspecified atom stereocenters. The maximum absolute atomic E-state index is 11.9. The highest BCUT2D eigenvalue weighted by atomic mass is 35.5. The van der Waals surface area contributed by atoms with Gasteiger partial charge in [0, 0.05) is 53.6 Å². The molecular weight excluding hydrogens is 404 g/mol. The smallest absolute Gasteiger partial charge is 0.269 e. The van der Waals surface area contributed by atoms with Crippen LogP contribution in [0, 0.1) is 10.1 Å². The van der Waals surface area contributed by atoms with Crippen molar-refractivity contribution in [3.8, 4) is 0 Å². The highest BCUT2D eigenvalue weighted by molar-refractivity contribution is 6.31. The summed E-state index contributed by atoms with van der Waals surface area (Å²) in [5, 5.41) is 18.5. The molecule has 1 amide bonds. The summed E-state index contributed by atoms with van der Waals surface area (Å²) in [5.41, 5.74) is 2.60. The minimum absolute atomic E-state index is 0.0220. The second-order valence-corrected chi connectivity index (χ2v) is 7.06. The normalized spacial score (nSPS) is 11.0. The number of non-ortho nitro benzene ring substituents is 1. The number of pyridine rings is 1. The molecule has 0 aliphatic heterocycles. The zero-order valence-electron chi connectivity index (χ0n) is 16.2. The Bertz CT molecular complexity index is 1070. The lowest BCUT2D eigenvalue weighted by molar-refractivity contribution is -0.384. The van der Waals surface area contributed by atoms with Crippen LogP contribution in [0.5, 0.6) is 0 Å². The van der Waals surface area contributed by atoms with E-state index < -0.39 is 4.92 Å². The summed E-state index contributed by atoms with van der Waals surface area (Å²) in [6, 6.07) is 13.6. The first kappa shape index (κ1) is 21.3. The molecule has 30 heavy (non-hydrogen) atoms. The van der Waals surface area contributed by atoms with Gasteiger partial charge in [0.25, 0.3) is 5.69 Å². The van der Waals surface area contributed by atoms with Crippen LogP contribution in [0.15, 0.2) is 60.8 Å². The van der Waals surface area contributed by atoms with Gasteiger partial charge in [0.05, 0.1) is 10.4 Å². The SMILES string of the molecule is O=C(/C=C/c1ccc([N+](=O)[O-])cc1)NCCCCNc1ccnc2cc(Cl)ccc12. The summed E-state index contributed by atoms with van der Waals surface area (Å²) >= 11 is 6.01. The number of rotatable bonds is 9. The predicted octanol–water partition coefficient (Wildman–Crippen LogP) is 4.82. The maximum Gasteiger partial charge on any atom is 0.269 e. The van der Waals surface area contributed by atoms with Crippen molar-refractivity contribution in [2.75, 3.05) is 18.4 Å². The van der Waals surface area contributed by atoms with Crippen LogP contribution in [0.25, 0.3) is 17.0 Å². The third-order valence-electron chi connectivity index (χ3n) is 4.45. The largest absolute Gasteiger partial charge is 0.384 e. The quantitative estimate of drug-likeness (QED) is 0.222. The van der Waals surface area contributed by atoms with Crippen LogP contribution >= 0.6 is 11.6 Å². The van der Waals surface area contributed by atoms with E-state index in [1.54, 1.807) is 24.4 Å². The zero-order valence-corrected chi connectivity index (χ0v) is 16.9. The maximum atomic E-state index is 11.9. The van der Waals surface area contributed by atoms with E-state index in [4.69, 9.17) is 11.6 Å². The number of anilines is 1. The van der Waals surface area contributed by atoms with Crippen molar-refractivity contribution in [2.45, 2.75) is 12.8 Å². The number of nitrogens with one attached hydrogen (secondary N) is 2.